The molecule has 0 unspecified atom stereocenters. The Hall–Kier alpha value is -3.06. The third-order valence-corrected chi connectivity index (χ3v) is 6.38. The molecule has 0 saturated heterocycles. The van der Waals surface area contributed by atoms with E-state index >= 15 is 0 Å². The number of para-hydroxylation sites is 1. The number of allylic oxidation sites excluding steroid dienone is 2. The van der Waals surface area contributed by atoms with Gasteiger partial charge < -0.3 is 9.64 Å². The molecule has 0 atom stereocenters. The Morgan fingerprint density at radius 2 is 1.94 bits per heavy atom. The van der Waals surface area contributed by atoms with Gasteiger partial charge in [-0.1, -0.05) is 30.0 Å². The van der Waals surface area contributed by atoms with Crippen LogP contribution in [0, 0.1) is 0 Å². The zero-order valence-corrected chi connectivity index (χ0v) is 19.2. The number of aromatic nitrogens is 2. The fourth-order valence-electron chi connectivity index (χ4n) is 3.94. The Kier molecular flexibility index (Phi) is 6.95. The highest BCUT2D eigenvalue weighted by atomic mass is 32.2. The molecule has 1 aliphatic carbocycles. The number of thioether (sulfide) groups is 1. The maximum atomic E-state index is 13.4. The average Bonchev–Trinajstić information content (AvgIpc) is 3.34. The lowest BCUT2D eigenvalue weighted by Crippen LogP contribution is -2.31. The van der Waals surface area contributed by atoms with Gasteiger partial charge in [0.15, 0.2) is 5.16 Å². The highest BCUT2D eigenvalue weighted by Gasteiger charge is 2.20. The molecule has 0 bridgehead atoms. The molecule has 1 heterocycles. The number of ether oxygens (including phenoxy) is 1. The molecule has 1 aromatic heterocycles. The van der Waals surface area contributed by atoms with Gasteiger partial charge in [0, 0.05) is 12.2 Å². The highest BCUT2D eigenvalue weighted by Crippen LogP contribution is 2.26. The second kappa shape index (κ2) is 10.0. The third kappa shape index (κ3) is 4.58. The topological polar surface area (TPSA) is 64.4 Å². The second-order valence-corrected chi connectivity index (χ2v) is 8.44. The Bertz CT molecular complexity index is 1200. The quantitative estimate of drug-likeness (QED) is 0.365. The van der Waals surface area contributed by atoms with Gasteiger partial charge in [0.2, 0.25) is 5.91 Å². The summed E-state index contributed by atoms with van der Waals surface area (Å²) in [7, 11) is 0. The van der Waals surface area contributed by atoms with E-state index in [1.807, 2.05) is 61.2 Å². The Balaban J connectivity index is 1.69. The molecule has 0 fully saturated rings. The molecule has 32 heavy (non-hydrogen) atoms. The van der Waals surface area contributed by atoms with E-state index in [-0.39, 0.29) is 17.2 Å². The zero-order valence-electron chi connectivity index (χ0n) is 18.4. The molecule has 6 nitrogen and oxygen atoms in total. The van der Waals surface area contributed by atoms with E-state index in [0.717, 1.165) is 30.7 Å². The van der Waals surface area contributed by atoms with Crippen molar-refractivity contribution in [2.45, 2.75) is 38.3 Å². The first-order chi connectivity index (χ1) is 15.6. The highest BCUT2D eigenvalue weighted by molar-refractivity contribution is 7.99. The number of benzene rings is 2. The molecule has 0 radical (unpaired) electrons. The van der Waals surface area contributed by atoms with Gasteiger partial charge >= 0.3 is 0 Å². The normalized spacial score (nSPS) is 13.2. The Morgan fingerprint density at radius 3 is 2.62 bits per heavy atom. The first kappa shape index (κ1) is 22.1. The molecule has 2 aromatic carbocycles. The molecule has 0 spiro atoms. The van der Waals surface area contributed by atoms with E-state index < -0.39 is 0 Å². The molecular formula is C25H27N3O3S. The number of carbonyl (C=O) groups excluding carboxylic acids is 1. The van der Waals surface area contributed by atoms with E-state index in [0.29, 0.717) is 34.9 Å². The lowest BCUT2D eigenvalue weighted by atomic mass is 10.2. The van der Waals surface area contributed by atoms with Crippen molar-refractivity contribution in [2.24, 2.45) is 0 Å². The van der Waals surface area contributed by atoms with Crippen LogP contribution in [-0.2, 0) is 4.79 Å². The van der Waals surface area contributed by atoms with Crippen LogP contribution in [0.25, 0.3) is 16.6 Å². The minimum absolute atomic E-state index is 0.0336. The number of carbonyl (C=O) groups is 1. The first-order valence-corrected chi connectivity index (χ1v) is 12.0. The molecule has 0 N–H and O–H groups in total. The van der Waals surface area contributed by atoms with Gasteiger partial charge in [-0.25, -0.2) is 4.98 Å². The van der Waals surface area contributed by atoms with Crippen LogP contribution in [0.4, 0.5) is 0 Å². The number of nitrogens with zero attached hydrogens (tertiary/aromatic N) is 3. The van der Waals surface area contributed by atoms with Gasteiger partial charge in [0.1, 0.15) is 5.75 Å². The molecule has 1 aliphatic rings. The molecule has 7 heteroatoms. The van der Waals surface area contributed by atoms with Crippen LogP contribution in [0.15, 0.2) is 70.3 Å². The summed E-state index contributed by atoms with van der Waals surface area (Å²) in [4.78, 5) is 32.9. The van der Waals surface area contributed by atoms with Crippen LogP contribution < -0.4 is 10.3 Å². The summed E-state index contributed by atoms with van der Waals surface area (Å²) < 4.78 is 7.11. The predicted octanol–water partition coefficient (Wildman–Crippen LogP) is 4.79. The van der Waals surface area contributed by atoms with Gasteiger partial charge in [-0.3, -0.25) is 14.2 Å². The summed E-state index contributed by atoms with van der Waals surface area (Å²) in [5.74, 6) is 0.990. The molecule has 0 saturated carbocycles. The van der Waals surface area contributed by atoms with Crippen molar-refractivity contribution in [1.29, 1.82) is 0 Å². The lowest BCUT2D eigenvalue weighted by molar-refractivity contribution is -0.126. The number of fused-ring (bicyclic) bond motifs is 1. The summed E-state index contributed by atoms with van der Waals surface area (Å²) >= 11 is 1.30. The van der Waals surface area contributed by atoms with Crippen LogP contribution in [0.3, 0.4) is 0 Å². The summed E-state index contributed by atoms with van der Waals surface area (Å²) in [5.41, 5.74) is 2.27. The third-order valence-electron chi connectivity index (χ3n) is 5.46. The van der Waals surface area contributed by atoms with Crippen molar-refractivity contribution in [3.05, 3.63) is 70.7 Å². The fraction of sp³-hybridized carbons (Fsp3) is 0.320. The molecule has 3 aromatic rings. The maximum Gasteiger partial charge on any atom is 0.266 e. The zero-order chi connectivity index (χ0) is 22.5. The summed E-state index contributed by atoms with van der Waals surface area (Å²) in [6, 6.07) is 14.7. The van der Waals surface area contributed by atoms with E-state index in [4.69, 9.17) is 9.72 Å². The number of rotatable bonds is 8. The van der Waals surface area contributed by atoms with Crippen LogP contribution in [0.5, 0.6) is 5.75 Å². The van der Waals surface area contributed by atoms with Crippen LogP contribution in [-0.4, -0.2) is 39.3 Å². The van der Waals surface area contributed by atoms with Crippen molar-refractivity contribution >= 4 is 28.6 Å². The minimum Gasteiger partial charge on any atom is -0.494 e. The SMILES string of the molecule is CCOc1ccc(-n2c(SCC(=O)N(CC)C3=CCCC3)nc3ccccc3c2=O)cc1. The number of hydrogen-bond donors (Lipinski definition) is 0. The smallest absolute Gasteiger partial charge is 0.266 e. The van der Waals surface area contributed by atoms with Gasteiger partial charge in [-0.2, -0.15) is 0 Å². The second-order valence-electron chi connectivity index (χ2n) is 7.49. The minimum atomic E-state index is -0.152. The Morgan fingerprint density at radius 1 is 1.16 bits per heavy atom. The van der Waals surface area contributed by atoms with Gasteiger partial charge in [0.05, 0.1) is 29.0 Å². The molecule has 1 amide bonds. The van der Waals surface area contributed by atoms with Gasteiger partial charge in [-0.15, -0.1) is 0 Å². The molecular weight excluding hydrogens is 422 g/mol. The summed E-state index contributed by atoms with van der Waals surface area (Å²) in [6.07, 6.45) is 5.21. The number of amides is 1. The monoisotopic (exact) mass is 449 g/mol. The molecule has 0 aliphatic heterocycles. The summed E-state index contributed by atoms with van der Waals surface area (Å²) in [5, 5.41) is 1.05. The van der Waals surface area contributed by atoms with Crippen molar-refractivity contribution < 1.29 is 9.53 Å². The van der Waals surface area contributed by atoms with Crippen molar-refractivity contribution in [3.8, 4) is 11.4 Å². The van der Waals surface area contributed by atoms with Crippen molar-refractivity contribution in [2.75, 3.05) is 18.9 Å². The van der Waals surface area contributed by atoms with E-state index in [1.165, 1.54) is 11.8 Å². The van der Waals surface area contributed by atoms with Gasteiger partial charge in [-0.05, 0) is 69.5 Å². The van der Waals surface area contributed by atoms with E-state index in [2.05, 4.69) is 6.08 Å². The van der Waals surface area contributed by atoms with Crippen molar-refractivity contribution in [1.82, 2.24) is 14.5 Å². The van der Waals surface area contributed by atoms with Crippen LogP contribution in [0.2, 0.25) is 0 Å². The van der Waals surface area contributed by atoms with Crippen LogP contribution >= 0.6 is 11.8 Å². The Labute approximate surface area is 191 Å². The van der Waals surface area contributed by atoms with Gasteiger partial charge in [0.25, 0.3) is 5.56 Å². The molecule has 4 rings (SSSR count). The average molecular weight is 450 g/mol. The largest absolute Gasteiger partial charge is 0.494 e. The standard InChI is InChI=1S/C25H27N3O3S/c1-3-27(18-9-5-6-10-18)23(29)17-32-25-26-22-12-8-7-11-21(22)24(30)28(25)19-13-15-20(16-14-19)31-4-2/h7-9,11-16H,3-6,10,17H2,1-2H3. The first-order valence-electron chi connectivity index (χ1n) is 11.0. The van der Waals surface area contributed by atoms with Crippen LogP contribution in [0.1, 0.15) is 33.1 Å². The lowest BCUT2D eigenvalue weighted by Gasteiger charge is -2.22. The maximum absolute atomic E-state index is 13.4. The fourth-order valence-corrected chi connectivity index (χ4v) is 4.83. The van der Waals surface area contributed by atoms with E-state index in [9.17, 15) is 9.59 Å². The molecule has 166 valence electrons. The van der Waals surface area contributed by atoms with Crippen molar-refractivity contribution in [3.63, 3.8) is 0 Å². The van der Waals surface area contributed by atoms with E-state index in [1.54, 1.807) is 10.6 Å². The number of hydrogen-bond acceptors (Lipinski definition) is 5. The predicted molar refractivity (Wildman–Crippen MR) is 129 cm³/mol. The summed E-state index contributed by atoms with van der Waals surface area (Å²) in [6.45, 7) is 5.14.